The standard InChI is InChI=1S/C24H23F3N4O4S/c25-24(26,27)35-20-8-7-17(13-18(20)28-21(33)15-31-9-4-11-34-12-10-31)19(32)14-22-29-30-23(36-22)16-5-2-1-3-6-16/h1-3,5-8,13H,4,9-12,14-15H2,(H,28,33). The van der Waals surface area contributed by atoms with E-state index in [1.54, 1.807) is 0 Å². The van der Waals surface area contributed by atoms with Gasteiger partial charge in [-0.2, -0.15) is 0 Å². The van der Waals surface area contributed by atoms with Crippen LogP contribution in [-0.2, 0) is 16.0 Å². The van der Waals surface area contributed by atoms with Gasteiger partial charge in [0.2, 0.25) is 5.91 Å². The van der Waals surface area contributed by atoms with Gasteiger partial charge in [-0.3, -0.25) is 14.5 Å². The van der Waals surface area contributed by atoms with Crippen LogP contribution < -0.4 is 10.1 Å². The molecule has 0 bridgehead atoms. The van der Waals surface area contributed by atoms with E-state index in [1.807, 2.05) is 35.2 Å². The lowest BCUT2D eigenvalue weighted by Crippen LogP contribution is -2.35. The summed E-state index contributed by atoms with van der Waals surface area (Å²) in [5.74, 6) is -1.51. The van der Waals surface area contributed by atoms with Crippen molar-refractivity contribution >= 4 is 28.7 Å². The number of ether oxygens (including phenoxy) is 2. The van der Waals surface area contributed by atoms with Crippen LogP contribution in [0.2, 0.25) is 0 Å². The first-order valence-corrected chi connectivity index (χ1v) is 12.0. The van der Waals surface area contributed by atoms with Crippen LogP contribution in [0.5, 0.6) is 5.75 Å². The Morgan fingerprint density at radius 1 is 1.08 bits per heavy atom. The molecule has 4 rings (SSSR count). The predicted molar refractivity (Wildman–Crippen MR) is 127 cm³/mol. The summed E-state index contributed by atoms with van der Waals surface area (Å²) in [6.45, 7) is 2.19. The first-order chi connectivity index (χ1) is 17.3. The molecule has 36 heavy (non-hydrogen) atoms. The first-order valence-electron chi connectivity index (χ1n) is 11.2. The SMILES string of the molecule is O=C(CN1CCCOCC1)Nc1cc(C(=O)Cc2nnc(-c3ccccc3)s2)ccc1OC(F)(F)F. The second-order valence-electron chi connectivity index (χ2n) is 8.02. The number of alkyl halides is 3. The molecule has 1 fully saturated rings. The highest BCUT2D eigenvalue weighted by molar-refractivity contribution is 7.14. The Morgan fingerprint density at radius 3 is 2.67 bits per heavy atom. The molecule has 0 unspecified atom stereocenters. The molecule has 1 amide bonds. The van der Waals surface area contributed by atoms with Gasteiger partial charge in [-0.15, -0.1) is 23.4 Å². The van der Waals surface area contributed by atoms with Crippen molar-refractivity contribution in [1.82, 2.24) is 15.1 Å². The van der Waals surface area contributed by atoms with Crippen LogP contribution >= 0.6 is 11.3 Å². The Kier molecular flexibility index (Phi) is 8.28. The van der Waals surface area contributed by atoms with Crippen LogP contribution in [0.15, 0.2) is 48.5 Å². The minimum atomic E-state index is -4.96. The van der Waals surface area contributed by atoms with Crippen LogP contribution in [0.25, 0.3) is 10.6 Å². The average Bonchev–Trinajstić information content (AvgIpc) is 3.15. The number of benzene rings is 2. The molecule has 2 heterocycles. The van der Waals surface area contributed by atoms with E-state index in [-0.39, 0.29) is 30.0 Å². The Balaban J connectivity index is 1.49. The predicted octanol–water partition coefficient (Wildman–Crippen LogP) is 4.19. The molecule has 0 atom stereocenters. The van der Waals surface area contributed by atoms with Gasteiger partial charge in [0.1, 0.15) is 10.0 Å². The number of nitrogens with zero attached hydrogens (tertiary/aromatic N) is 3. The Labute approximate surface area is 209 Å². The molecule has 8 nitrogen and oxygen atoms in total. The maximum absolute atomic E-state index is 12.9. The Hall–Kier alpha value is -3.35. The van der Waals surface area contributed by atoms with Gasteiger partial charge in [0.25, 0.3) is 0 Å². The van der Waals surface area contributed by atoms with Crippen LogP contribution in [0, 0.1) is 0 Å². The van der Waals surface area contributed by atoms with Crippen molar-refractivity contribution in [3.05, 3.63) is 59.1 Å². The smallest absolute Gasteiger partial charge is 0.404 e. The van der Waals surface area contributed by atoms with Crippen LogP contribution in [0.1, 0.15) is 21.8 Å². The van der Waals surface area contributed by atoms with E-state index in [2.05, 4.69) is 20.3 Å². The van der Waals surface area contributed by atoms with E-state index in [4.69, 9.17) is 4.74 Å². The van der Waals surface area contributed by atoms with Crippen molar-refractivity contribution in [2.45, 2.75) is 19.2 Å². The third-order valence-corrected chi connectivity index (χ3v) is 6.26. The van der Waals surface area contributed by atoms with Gasteiger partial charge in [-0.1, -0.05) is 41.7 Å². The lowest BCUT2D eigenvalue weighted by atomic mass is 10.1. The zero-order chi connectivity index (χ0) is 25.5. The van der Waals surface area contributed by atoms with E-state index >= 15 is 0 Å². The maximum Gasteiger partial charge on any atom is 0.573 e. The van der Waals surface area contributed by atoms with E-state index in [0.717, 1.165) is 18.1 Å². The number of anilines is 1. The Morgan fingerprint density at radius 2 is 1.89 bits per heavy atom. The summed E-state index contributed by atoms with van der Waals surface area (Å²) in [6, 6.07) is 12.8. The zero-order valence-electron chi connectivity index (χ0n) is 19.1. The summed E-state index contributed by atoms with van der Waals surface area (Å²) >= 11 is 1.25. The molecule has 1 N–H and O–H groups in total. The zero-order valence-corrected chi connectivity index (χ0v) is 19.9. The molecule has 190 valence electrons. The minimum Gasteiger partial charge on any atom is -0.404 e. The van der Waals surface area contributed by atoms with Crippen molar-refractivity contribution in [3.63, 3.8) is 0 Å². The van der Waals surface area contributed by atoms with E-state index in [0.29, 0.717) is 36.3 Å². The summed E-state index contributed by atoms with van der Waals surface area (Å²) in [7, 11) is 0. The Bertz CT molecular complexity index is 1200. The molecule has 0 spiro atoms. The normalized spacial score (nSPS) is 14.8. The summed E-state index contributed by atoms with van der Waals surface area (Å²) in [5, 5.41) is 11.7. The number of rotatable bonds is 8. The summed E-state index contributed by atoms with van der Waals surface area (Å²) in [5.41, 5.74) is 0.735. The molecule has 12 heteroatoms. The topological polar surface area (TPSA) is 93.7 Å². The fourth-order valence-electron chi connectivity index (χ4n) is 3.63. The van der Waals surface area contributed by atoms with Crippen molar-refractivity contribution in [1.29, 1.82) is 0 Å². The van der Waals surface area contributed by atoms with Gasteiger partial charge in [0.05, 0.1) is 25.3 Å². The lowest BCUT2D eigenvalue weighted by molar-refractivity contribution is -0.274. The molecular weight excluding hydrogens is 497 g/mol. The van der Waals surface area contributed by atoms with E-state index < -0.39 is 18.0 Å². The summed E-state index contributed by atoms with van der Waals surface area (Å²) < 4.78 is 48.2. The summed E-state index contributed by atoms with van der Waals surface area (Å²) in [6.07, 6.45) is -4.31. The van der Waals surface area contributed by atoms with Crippen LogP contribution in [0.3, 0.4) is 0 Å². The number of aromatic nitrogens is 2. The minimum absolute atomic E-state index is 0.0277. The van der Waals surface area contributed by atoms with E-state index in [1.165, 1.54) is 23.5 Å². The van der Waals surface area contributed by atoms with Gasteiger partial charge in [0, 0.05) is 30.8 Å². The van der Waals surface area contributed by atoms with E-state index in [9.17, 15) is 22.8 Å². The summed E-state index contributed by atoms with van der Waals surface area (Å²) in [4.78, 5) is 27.3. The number of carbonyl (C=O) groups excluding carboxylic acids is 2. The molecule has 1 aliphatic heterocycles. The molecule has 0 radical (unpaired) electrons. The fourth-order valence-corrected chi connectivity index (χ4v) is 4.47. The molecule has 1 aromatic heterocycles. The number of nitrogens with one attached hydrogen (secondary N) is 1. The highest BCUT2D eigenvalue weighted by atomic mass is 32.1. The molecule has 1 aliphatic rings. The largest absolute Gasteiger partial charge is 0.573 e. The molecule has 0 aliphatic carbocycles. The second-order valence-corrected chi connectivity index (χ2v) is 9.08. The average molecular weight is 521 g/mol. The van der Waals surface area contributed by atoms with Crippen molar-refractivity contribution < 1.29 is 32.2 Å². The third-order valence-electron chi connectivity index (χ3n) is 5.28. The van der Waals surface area contributed by atoms with Crippen molar-refractivity contribution in [3.8, 4) is 16.3 Å². The quantitative estimate of drug-likeness (QED) is 0.445. The number of hydrogen-bond donors (Lipinski definition) is 1. The molecular formula is C24H23F3N4O4S. The van der Waals surface area contributed by atoms with Crippen molar-refractivity contribution in [2.24, 2.45) is 0 Å². The third kappa shape index (κ3) is 7.33. The maximum atomic E-state index is 12.9. The number of carbonyl (C=O) groups is 2. The lowest BCUT2D eigenvalue weighted by Gasteiger charge is -2.19. The number of hydrogen-bond acceptors (Lipinski definition) is 8. The van der Waals surface area contributed by atoms with Gasteiger partial charge in [-0.25, -0.2) is 0 Å². The van der Waals surface area contributed by atoms with Crippen LogP contribution in [-0.4, -0.2) is 66.0 Å². The van der Waals surface area contributed by atoms with Gasteiger partial charge < -0.3 is 14.8 Å². The number of ketones is 1. The number of Topliss-reactive ketones (excluding diaryl/α,β-unsaturated/α-hetero) is 1. The highest BCUT2D eigenvalue weighted by Crippen LogP contribution is 2.32. The fraction of sp³-hybridized carbons (Fsp3) is 0.333. The highest BCUT2D eigenvalue weighted by Gasteiger charge is 2.32. The van der Waals surface area contributed by atoms with Crippen LogP contribution in [0.4, 0.5) is 18.9 Å². The first kappa shape index (κ1) is 25.7. The molecule has 0 saturated carbocycles. The molecule has 2 aromatic carbocycles. The monoisotopic (exact) mass is 520 g/mol. The number of halogens is 3. The molecule has 3 aromatic rings. The van der Waals surface area contributed by atoms with Gasteiger partial charge >= 0.3 is 6.36 Å². The van der Waals surface area contributed by atoms with Gasteiger partial charge in [-0.05, 0) is 24.6 Å². The molecule has 1 saturated heterocycles. The van der Waals surface area contributed by atoms with Gasteiger partial charge in [0.15, 0.2) is 11.5 Å². The number of amides is 1. The second kappa shape index (κ2) is 11.6. The van der Waals surface area contributed by atoms with Crippen molar-refractivity contribution in [2.75, 3.05) is 38.2 Å².